The van der Waals surface area contributed by atoms with Crippen molar-refractivity contribution in [3.8, 4) is 0 Å². The molecule has 2 saturated heterocycles. The van der Waals surface area contributed by atoms with Gasteiger partial charge in [-0.2, -0.15) is 0 Å². The van der Waals surface area contributed by atoms with E-state index in [-0.39, 0.29) is 10.4 Å². The predicted octanol–water partition coefficient (Wildman–Crippen LogP) is -0.0707. The number of hydrogen-bond acceptors (Lipinski definition) is 4. The highest BCUT2D eigenvalue weighted by molar-refractivity contribution is 5.82. The van der Waals surface area contributed by atoms with E-state index < -0.39 is 17.7 Å². The van der Waals surface area contributed by atoms with Gasteiger partial charge in [-0.3, -0.25) is 9.28 Å². The van der Waals surface area contributed by atoms with Crippen molar-refractivity contribution in [1.82, 2.24) is 10.2 Å². The van der Waals surface area contributed by atoms with Gasteiger partial charge in [0.2, 0.25) is 0 Å². The minimum Gasteiger partial charge on any atom is -0.498 e. The molecule has 0 aliphatic carbocycles. The van der Waals surface area contributed by atoms with Crippen molar-refractivity contribution in [3.05, 3.63) is 0 Å². The second kappa shape index (κ2) is 5.93. The molecule has 0 aromatic carbocycles. The molecule has 2 rings (SSSR count). The van der Waals surface area contributed by atoms with Crippen LogP contribution in [0, 0.1) is 0 Å². The van der Waals surface area contributed by atoms with E-state index in [9.17, 15) is 14.7 Å². The SMILES string of the molecule is CC(C)(C)[N+]1(C(=O)[O-])CCCC[C@@H]1C(=O)N1CCNCC1. The number of piperazine rings is 1. The molecule has 2 aliphatic heterocycles. The number of piperidine rings is 1. The molecule has 0 spiro atoms. The number of nitrogens with one attached hydrogen (secondary N) is 1. The Labute approximate surface area is 126 Å². The van der Waals surface area contributed by atoms with E-state index in [1.807, 2.05) is 25.7 Å². The smallest absolute Gasteiger partial charge is 0.281 e. The first-order chi connectivity index (χ1) is 9.80. The first kappa shape index (κ1) is 16.2. The highest BCUT2D eigenvalue weighted by atomic mass is 16.4. The van der Waals surface area contributed by atoms with Crippen LogP contribution >= 0.6 is 0 Å². The number of quaternary nitrogens is 1. The Morgan fingerprint density at radius 3 is 2.33 bits per heavy atom. The zero-order valence-corrected chi connectivity index (χ0v) is 13.4. The lowest BCUT2D eigenvalue weighted by Gasteiger charge is -2.54. The molecule has 6 heteroatoms. The quantitative estimate of drug-likeness (QED) is 0.688. The van der Waals surface area contributed by atoms with Crippen molar-refractivity contribution in [2.24, 2.45) is 0 Å². The molecule has 21 heavy (non-hydrogen) atoms. The number of rotatable bonds is 1. The van der Waals surface area contributed by atoms with Gasteiger partial charge < -0.3 is 20.1 Å². The number of hydrogen-bond donors (Lipinski definition) is 1. The third kappa shape index (κ3) is 2.79. The molecule has 0 bridgehead atoms. The summed E-state index contributed by atoms with van der Waals surface area (Å²) in [5, 5.41) is 15.2. The molecule has 2 amide bonds. The van der Waals surface area contributed by atoms with Gasteiger partial charge in [-0.25, -0.2) is 0 Å². The summed E-state index contributed by atoms with van der Waals surface area (Å²) in [6.07, 6.45) is 1.26. The lowest BCUT2D eigenvalue weighted by atomic mass is 9.89. The lowest BCUT2D eigenvalue weighted by Crippen LogP contribution is -2.76. The first-order valence-corrected chi connectivity index (χ1v) is 7.89. The lowest BCUT2D eigenvalue weighted by molar-refractivity contribution is -0.938. The number of carbonyl (C=O) groups excluding carboxylic acids is 2. The van der Waals surface area contributed by atoms with Crippen molar-refractivity contribution < 1.29 is 19.2 Å². The van der Waals surface area contributed by atoms with Gasteiger partial charge in [0.25, 0.3) is 12.0 Å². The van der Waals surface area contributed by atoms with E-state index in [0.29, 0.717) is 26.1 Å². The van der Waals surface area contributed by atoms with Crippen LogP contribution in [0.1, 0.15) is 40.0 Å². The number of nitrogens with zero attached hydrogens (tertiary/aromatic N) is 2. The Morgan fingerprint density at radius 2 is 1.81 bits per heavy atom. The second-order valence-electron chi connectivity index (χ2n) is 7.12. The fourth-order valence-electron chi connectivity index (χ4n) is 3.78. The average molecular weight is 297 g/mol. The van der Waals surface area contributed by atoms with Crippen LogP contribution in [0.2, 0.25) is 0 Å². The van der Waals surface area contributed by atoms with E-state index in [2.05, 4.69) is 5.32 Å². The summed E-state index contributed by atoms with van der Waals surface area (Å²) < 4.78 is -0.240. The summed E-state index contributed by atoms with van der Waals surface area (Å²) in [5.41, 5.74) is -0.548. The number of amides is 2. The molecule has 1 N–H and O–H groups in total. The largest absolute Gasteiger partial charge is 0.498 e. The zero-order chi connectivity index (χ0) is 15.7. The summed E-state index contributed by atoms with van der Waals surface area (Å²) in [6, 6.07) is -0.512. The highest BCUT2D eigenvalue weighted by Crippen LogP contribution is 2.36. The molecule has 0 aromatic rings. The minimum absolute atomic E-state index is 0.0182. The summed E-state index contributed by atoms with van der Waals surface area (Å²) in [7, 11) is 0. The van der Waals surface area contributed by atoms with E-state index in [1.165, 1.54) is 0 Å². The Bertz CT molecular complexity index is 413. The molecule has 120 valence electrons. The summed E-state index contributed by atoms with van der Waals surface area (Å²) in [6.45, 7) is 9.04. The van der Waals surface area contributed by atoms with E-state index in [0.717, 1.165) is 25.9 Å². The normalized spacial score (nSPS) is 31.0. The van der Waals surface area contributed by atoms with Crippen LogP contribution < -0.4 is 10.4 Å². The molecule has 2 heterocycles. The molecule has 2 fully saturated rings. The van der Waals surface area contributed by atoms with Crippen molar-refractivity contribution >= 4 is 12.0 Å². The van der Waals surface area contributed by atoms with Gasteiger partial charge in [-0.1, -0.05) is 0 Å². The monoisotopic (exact) mass is 297 g/mol. The molecular formula is C15H27N3O3. The van der Waals surface area contributed by atoms with Crippen LogP contribution in [0.5, 0.6) is 0 Å². The van der Waals surface area contributed by atoms with Crippen molar-refractivity contribution in [1.29, 1.82) is 0 Å². The van der Waals surface area contributed by atoms with Crippen LogP contribution in [-0.2, 0) is 4.79 Å². The van der Waals surface area contributed by atoms with Crippen molar-refractivity contribution in [3.63, 3.8) is 0 Å². The fourth-order valence-corrected chi connectivity index (χ4v) is 3.78. The summed E-state index contributed by atoms with van der Waals surface area (Å²) in [4.78, 5) is 26.7. The topological polar surface area (TPSA) is 72.5 Å². The second-order valence-corrected chi connectivity index (χ2v) is 7.12. The van der Waals surface area contributed by atoms with Crippen LogP contribution in [0.3, 0.4) is 0 Å². The molecule has 6 nitrogen and oxygen atoms in total. The maximum Gasteiger partial charge on any atom is 0.281 e. The van der Waals surface area contributed by atoms with Gasteiger partial charge in [0.1, 0.15) is 0 Å². The number of likely N-dealkylation sites (tertiary alicyclic amines) is 1. The van der Waals surface area contributed by atoms with E-state index in [4.69, 9.17) is 0 Å². The van der Waals surface area contributed by atoms with E-state index >= 15 is 0 Å². The minimum atomic E-state index is -1.12. The van der Waals surface area contributed by atoms with Crippen LogP contribution in [0.4, 0.5) is 4.79 Å². The molecule has 0 saturated carbocycles. The zero-order valence-electron chi connectivity index (χ0n) is 13.4. The van der Waals surface area contributed by atoms with Gasteiger partial charge in [0, 0.05) is 32.6 Å². The summed E-state index contributed by atoms with van der Waals surface area (Å²) in [5.74, 6) is -0.0182. The van der Waals surface area contributed by atoms with E-state index in [1.54, 1.807) is 0 Å². The standard InChI is InChI=1S/C15H27N3O3/c1-15(2,3)18(14(20)21)11-5-4-6-12(18)13(19)17-9-7-16-8-10-17/h12,16H,4-11H2,1-3H3/t12-,18?/m1/s1. The van der Waals surface area contributed by atoms with Gasteiger partial charge in [-0.05, 0) is 33.6 Å². The van der Waals surface area contributed by atoms with Crippen LogP contribution in [0.15, 0.2) is 0 Å². The first-order valence-electron chi connectivity index (χ1n) is 7.89. The molecule has 0 radical (unpaired) electrons. The highest BCUT2D eigenvalue weighted by Gasteiger charge is 2.54. The Kier molecular flexibility index (Phi) is 4.58. The van der Waals surface area contributed by atoms with Gasteiger partial charge in [-0.15, -0.1) is 0 Å². The average Bonchev–Trinajstić information content (AvgIpc) is 2.46. The Hall–Kier alpha value is -1.14. The molecular weight excluding hydrogens is 270 g/mol. The van der Waals surface area contributed by atoms with Crippen LogP contribution in [-0.4, -0.2) is 65.7 Å². The predicted molar refractivity (Wildman–Crippen MR) is 77.4 cm³/mol. The number of carboxylic acid groups (broad SMARTS) is 1. The Balaban J connectivity index is 2.32. The molecule has 2 aliphatic rings. The fraction of sp³-hybridized carbons (Fsp3) is 0.867. The molecule has 0 aromatic heterocycles. The third-order valence-corrected chi connectivity index (χ3v) is 5.01. The van der Waals surface area contributed by atoms with Crippen LogP contribution in [0.25, 0.3) is 0 Å². The van der Waals surface area contributed by atoms with Gasteiger partial charge in [0.05, 0.1) is 12.1 Å². The van der Waals surface area contributed by atoms with Gasteiger partial charge in [0.15, 0.2) is 6.04 Å². The van der Waals surface area contributed by atoms with Crippen molar-refractivity contribution in [2.75, 3.05) is 32.7 Å². The third-order valence-electron chi connectivity index (χ3n) is 5.01. The number of carbonyl (C=O) groups is 2. The molecule has 2 atom stereocenters. The van der Waals surface area contributed by atoms with Crippen molar-refractivity contribution in [2.45, 2.75) is 51.6 Å². The Morgan fingerprint density at radius 1 is 1.19 bits per heavy atom. The maximum absolute atomic E-state index is 12.9. The summed E-state index contributed by atoms with van der Waals surface area (Å²) >= 11 is 0. The molecule has 1 unspecified atom stereocenters. The van der Waals surface area contributed by atoms with Gasteiger partial charge >= 0.3 is 0 Å². The maximum atomic E-state index is 12.9.